The minimum atomic E-state index is 0.635. The summed E-state index contributed by atoms with van der Waals surface area (Å²) in [4.78, 5) is 9.05. The maximum absolute atomic E-state index is 7.58. The van der Waals surface area contributed by atoms with Gasteiger partial charge in [-0.1, -0.05) is 115 Å². The lowest BCUT2D eigenvalue weighted by atomic mass is 9.90. The van der Waals surface area contributed by atoms with E-state index in [2.05, 4.69) is 132 Å². The van der Waals surface area contributed by atoms with Crippen molar-refractivity contribution in [3.05, 3.63) is 157 Å². The topological polar surface area (TPSA) is 17.2 Å². The first kappa shape index (κ1) is 24.1. The van der Waals surface area contributed by atoms with Crippen molar-refractivity contribution in [3.63, 3.8) is 0 Å². The Kier molecular flexibility index (Phi) is 5.55. The molecule has 42 heavy (non-hydrogen) atoms. The molecular weight excluding hydrogens is 508 g/mol. The zero-order valence-electron chi connectivity index (χ0n) is 22.8. The van der Waals surface area contributed by atoms with Gasteiger partial charge in [-0.3, -0.25) is 0 Å². The van der Waals surface area contributed by atoms with Gasteiger partial charge in [0.05, 0.1) is 17.8 Å². The Morgan fingerprint density at radius 1 is 0.429 bits per heavy atom. The molecule has 0 aliphatic heterocycles. The van der Waals surface area contributed by atoms with Crippen molar-refractivity contribution < 1.29 is 0 Å². The molecular formula is C40H24N2. The van der Waals surface area contributed by atoms with Crippen LogP contribution in [0.1, 0.15) is 0 Å². The van der Waals surface area contributed by atoms with E-state index in [1.54, 1.807) is 0 Å². The Morgan fingerprint density at radius 2 is 1.02 bits per heavy atom. The van der Waals surface area contributed by atoms with Crippen LogP contribution in [0.4, 0.5) is 5.69 Å². The summed E-state index contributed by atoms with van der Waals surface area (Å²) in [5.41, 5.74) is 8.08. The van der Waals surface area contributed by atoms with Crippen molar-refractivity contribution in [2.75, 3.05) is 0 Å². The summed E-state index contributed by atoms with van der Waals surface area (Å²) < 4.78 is 0. The Bertz CT molecular complexity index is 2380. The second kappa shape index (κ2) is 9.70. The molecule has 0 fully saturated rings. The van der Waals surface area contributed by atoms with Crippen molar-refractivity contribution in [1.29, 1.82) is 0 Å². The van der Waals surface area contributed by atoms with Crippen LogP contribution in [0.2, 0.25) is 0 Å². The van der Waals surface area contributed by atoms with Gasteiger partial charge < -0.3 is 0 Å². The minimum Gasteiger partial charge on any atom is -0.247 e. The number of hydrogen-bond acceptors (Lipinski definition) is 1. The number of nitrogens with zero attached hydrogens (tertiary/aromatic N) is 2. The molecule has 0 bridgehead atoms. The van der Waals surface area contributed by atoms with Crippen LogP contribution in [0.3, 0.4) is 0 Å². The van der Waals surface area contributed by atoms with Gasteiger partial charge in [0.1, 0.15) is 0 Å². The number of hydrogen-bond donors (Lipinski definition) is 0. The van der Waals surface area contributed by atoms with Crippen LogP contribution in [-0.2, 0) is 0 Å². The van der Waals surface area contributed by atoms with Gasteiger partial charge in [0, 0.05) is 16.3 Å². The van der Waals surface area contributed by atoms with Crippen LogP contribution < -0.4 is 0 Å². The third kappa shape index (κ3) is 4.00. The largest absolute Gasteiger partial charge is 0.247 e. The summed E-state index contributed by atoms with van der Waals surface area (Å²) in [5.74, 6) is 0. The first-order valence-electron chi connectivity index (χ1n) is 14.1. The van der Waals surface area contributed by atoms with Gasteiger partial charge in [0.25, 0.3) is 0 Å². The summed E-state index contributed by atoms with van der Waals surface area (Å²) in [7, 11) is 0. The zero-order valence-corrected chi connectivity index (χ0v) is 22.8. The van der Waals surface area contributed by atoms with Gasteiger partial charge in [-0.25, -0.2) is 9.83 Å². The summed E-state index contributed by atoms with van der Waals surface area (Å²) in [6.45, 7) is 7.58. The Labute approximate surface area is 244 Å². The number of aromatic nitrogens is 1. The van der Waals surface area contributed by atoms with E-state index in [0.29, 0.717) is 5.69 Å². The van der Waals surface area contributed by atoms with Gasteiger partial charge in [0.2, 0.25) is 0 Å². The molecule has 0 saturated carbocycles. The summed E-state index contributed by atoms with van der Waals surface area (Å²) >= 11 is 0. The fraction of sp³-hybridized carbons (Fsp3) is 0. The lowest BCUT2D eigenvalue weighted by Crippen LogP contribution is -1.93. The molecule has 0 saturated heterocycles. The van der Waals surface area contributed by atoms with Gasteiger partial charge >= 0.3 is 0 Å². The zero-order chi connectivity index (χ0) is 28.0. The average molecular weight is 533 g/mol. The van der Waals surface area contributed by atoms with Crippen molar-refractivity contribution in [2.45, 2.75) is 0 Å². The molecule has 0 radical (unpaired) electrons. The third-order valence-electron chi connectivity index (χ3n) is 8.21. The van der Waals surface area contributed by atoms with Crippen LogP contribution in [0.25, 0.3) is 81.6 Å². The van der Waals surface area contributed by atoms with Gasteiger partial charge in [-0.05, 0) is 79.5 Å². The highest BCUT2D eigenvalue weighted by atomic mass is 14.7. The molecule has 0 unspecified atom stereocenters. The number of pyridine rings is 1. The standard InChI is InChI=1S/C40H24N2/c1-41-33-14-8-13-30(23-33)36-24-38-37(31-19-17-26-9-2-4-11-28(26)21-31)25-39(42-40(38)35-16-7-6-15-34(35)36)32-20-18-27-10-3-5-12-29(27)22-32/h2-25H. The van der Waals surface area contributed by atoms with E-state index in [1.165, 1.54) is 21.5 Å². The first-order valence-corrected chi connectivity index (χ1v) is 14.1. The van der Waals surface area contributed by atoms with Crippen LogP contribution in [0, 0.1) is 6.57 Å². The second-order valence-corrected chi connectivity index (χ2v) is 10.7. The Hall–Kier alpha value is -5.78. The molecule has 8 aromatic rings. The van der Waals surface area contributed by atoms with Gasteiger partial charge in [-0.2, -0.15) is 0 Å². The van der Waals surface area contributed by atoms with Crippen molar-refractivity contribution >= 4 is 48.9 Å². The summed E-state index contributed by atoms with van der Waals surface area (Å²) in [6.07, 6.45) is 0. The lowest BCUT2D eigenvalue weighted by Gasteiger charge is -2.16. The maximum Gasteiger partial charge on any atom is 0.187 e. The molecule has 194 valence electrons. The first-order chi connectivity index (χ1) is 20.7. The molecule has 0 amide bonds. The lowest BCUT2D eigenvalue weighted by molar-refractivity contribution is 1.41. The van der Waals surface area contributed by atoms with Crippen LogP contribution in [-0.4, -0.2) is 4.98 Å². The van der Waals surface area contributed by atoms with Crippen molar-refractivity contribution in [2.24, 2.45) is 0 Å². The van der Waals surface area contributed by atoms with Gasteiger partial charge in [-0.15, -0.1) is 0 Å². The summed E-state index contributed by atoms with van der Waals surface area (Å²) in [5, 5.41) is 8.16. The highest BCUT2D eigenvalue weighted by Gasteiger charge is 2.16. The van der Waals surface area contributed by atoms with Crippen molar-refractivity contribution in [1.82, 2.24) is 4.98 Å². The Morgan fingerprint density at radius 3 is 1.76 bits per heavy atom. The molecule has 0 spiro atoms. The predicted octanol–water partition coefficient (Wildman–Crippen LogP) is 11.2. The second-order valence-electron chi connectivity index (χ2n) is 10.7. The molecule has 0 atom stereocenters. The van der Waals surface area contributed by atoms with Gasteiger partial charge in [0.15, 0.2) is 5.69 Å². The van der Waals surface area contributed by atoms with Crippen LogP contribution >= 0.6 is 0 Å². The van der Waals surface area contributed by atoms with E-state index in [9.17, 15) is 0 Å². The molecule has 0 N–H and O–H groups in total. The molecule has 0 aliphatic carbocycles. The number of fused-ring (bicyclic) bond motifs is 5. The quantitative estimate of drug-likeness (QED) is 0.163. The summed E-state index contributed by atoms with van der Waals surface area (Å²) in [6, 6.07) is 51.1. The van der Waals surface area contributed by atoms with Crippen LogP contribution in [0.5, 0.6) is 0 Å². The van der Waals surface area contributed by atoms with Crippen LogP contribution in [0.15, 0.2) is 146 Å². The molecule has 2 nitrogen and oxygen atoms in total. The maximum atomic E-state index is 7.58. The monoisotopic (exact) mass is 532 g/mol. The van der Waals surface area contributed by atoms with E-state index in [4.69, 9.17) is 11.6 Å². The van der Waals surface area contributed by atoms with E-state index < -0.39 is 0 Å². The smallest absolute Gasteiger partial charge is 0.187 e. The number of rotatable bonds is 3. The normalized spacial score (nSPS) is 11.3. The predicted molar refractivity (Wildman–Crippen MR) is 177 cm³/mol. The fourth-order valence-corrected chi connectivity index (χ4v) is 6.13. The SMILES string of the molecule is [C-]#[N+]c1cccc(-c2cc3c(-c4ccc5ccccc5c4)cc(-c4ccc5ccccc5c4)nc3c3ccccc23)c1. The molecule has 0 aliphatic rings. The third-order valence-corrected chi connectivity index (χ3v) is 8.21. The van der Waals surface area contributed by atoms with E-state index >= 15 is 0 Å². The molecule has 7 aromatic carbocycles. The highest BCUT2D eigenvalue weighted by molar-refractivity contribution is 6.16. The average Bonchev–Trinajstić information content (AvgIpc) is 3.07. The molecule has 2 heteroatoms. The molecule has 1 heterocycles. The van der Waals surface area contributed by atoms with E-state index in [-0.39, 0.29) is 0 Å². The molecule has 8 rings (SSSR count). The highest BCUT2D eigenvalue weighted by Crippen LogP contribution is 2.41. The van der Waals surface area contributed by atoms with E-state index in [0.717, 1.165) is 55.2 Å². The molecule has 1 aromatic heterocycles. The Balaban J connectivity index is 1.48. The van der Waals surface area contributed by atoms with E-state index in [1.807, 2.05) is 18.2 Å². The number of benzene rings is 7. The minimum absolute atomic E-state index is 0.635. The fourth-order valence-electron chi connectivity index (χ4n) is 6.13. The van der Waals surface area contributed by atoms with Crippen molar-refractivity contribution in [3.8, 4) is 33.5 Å².